The van der Waals surface area contributed by atoms with Crippen LogP contribution in [0, 0.1) is 0 Å². The van der Waals surface area contributed by atoms with E-state index in [0.717, 1.165) is 0 Å². The third-order valence-corrected chi connectivity index (χ3v) is 0.773. The lowest BCUT2D eigenvalue weighted by molar-refractivity contribution is -0.132. The smallest absolute Gasteiger partial charge is 0.335 e. The minimum Gasteiger partial charge on any atom is -0.394 e. The van der Waals surface area contributed by atoms with Gasteiger partial charge in [0.05, 0.1) is 0 Å². The van der Waals surface area contributed by atoms with Gasteiger partial charge in [-0.15, -0.1) is 11.6 Å². The normalized spacial score (nSPS) is 13.0. The Morgan fingerprint density at radius 1 is 2.00 bits per heavy atom. The van der Waals surface area contributed by atoms with Crippen LogP contribution in [0.3, 0.4) is 0 Å². The lowest BCUT2D eigenvalue weighted by atomic mass is 10.5. The maximum absolute atomic E-state index is 10.1. The van der Waals surface area contributed by atoms with Crippen molar-refractivity contribution >= 4 is 30.5 Å². The van der Waals surface area contributed by atoms with Crippen molar-refractivity contribution in [1.29, 1.82) is 0 Å². The average molecular weight is 141 g/mol. The fourth-order valence-corrected chi connectivity index (χ4v) is 0.337. The Morgan fingerprint density at radius 3 is 2.43 bits per heavy atom. The van der Waals surface area contributed by atoms with Crippen LogP contribution in [0.15, 0.2) is 0 Å². The Morgan fingerprint density at radius 2 is 2.43 bits per heavy atom. The molecule has 42 valence electrons. The first-order valence-corrected chi connectivity index (χ1v) is 2.48. The Bertz CT molecular complexity index is 73.3. The largest absolute Gasteiger partial charge is 0.394 e. The van der Waals surface area contributed by atoms with Crippen LogP contribution in [0.4, 0.5) is 0 Å². The van der Waals surface area contributed by atoms with E-state index < -0.39 is 11.3 Å². The van der Waals surface area contributed by atoms with Gasteiger partial charge in [-0.3, -0.25) is 0 Å². The summed E-state index contributed by atoms with van der Waals surface area (Å²) in [7, 11) is 0. The summed E-state index contributed by atoms with van der Waals surface area (Å²) in [5.74, 6) is -0.523. The van der Waals surface area contributed by atoms with Gasteiger partial charge < -0.3 is 4.18 Å². The molecule has 0 aliphatic heterocycles. The van der Waals surface area contributed by atoms with Gasteiger partial charge in [-0.25, -0.2) is 4.79 Å². The van der Waals surface area contributed by atoms with E-state index in [1.54, 1.807) is 0 Å². The molecule has 0 aliphatic carbocycles. The molecule has 0 saturated heterocycles. The molecule has 0 spiro atoms. The lowest BCUT2D eigenvalue weighted by Crippen LogP contribution is -2.08. The summed E-state index contributed by atoms with van der Waals surface area (Å²) < 4.78 is 3.94. The molecular formula is C3H5ClO2S. The van der Waals surface area contributed by atoms with Crippen LogP contribution in [0.2, 0.25) is 0 Å². The Balaban J connectivity index is 3.35. The van der Waals surface area contributed by atoms with E-state index >= 15 is 0 Å². The van der Waals surface area contributed by atoms with E-state index in [1.165, 1.54) is 6.92 Å². The van der Waals surface area contributed by atoms with Crippen molar-refractivity contribution in [2.24, 2.45) is 0 Å². The first-order valence-electron chi connectivity index (χ1n) is 1.68. The van der Waals surface area contributed by atoms with Gasteiger partial charge >= 0.3 is 5.97 Å². The van der Waals surface area contributed by atoms with Gasteiger partial charge in [0, 0.05) is 12.9 Å². The summed E-state index contributed by atoms with van der Waals surface area (Å²) in [6.45, 7) is 1.51. The van der Waals surface area contributed by atoms with E-state index in [1.807, 2.05) is 0 Å². The molecule has 0 aromatic rings. The standard InChI is InChI=1S/C3H5ClO2S/c1-2(4)3(5)6-7/h2,7H,1H3. The zero-order valence-electron chi connectivity index (χ0n) is 3.72. The highest BCUT2D eigenvalue weighted by molar-refractivity contribution is 7.75. The van der Waals surface area contributed by atoms with Crippen molar-refractivity contribution in [1.82, 2.24) is 0 Å². The number of hydrogen-bond acceptors (Lipinski definition) is 3. The molecule has 0 aromatic heterocycles. The lowest BCUT2D eigenvalue weighted by Gasteiger charge is -1.93. The van der Waals surface area contributed by atoms with Gasteiger partial charge in [-0.1, -0.05) is 0 Å². The van der Waals surface area contributed by atoms with Gasteiger partial charge in [0.1, 0.15) is 5.38 Å². The van der Waals surface area contributed by atoms with Crippen molar-refractivity contribution < 1.29 is 8.98 Å². The van der Waals surface area contributed by atoms with E-state index in [9.17, 15) is 4.79 Å². The number of carbonyl (C=O) groups is 1. The molecule has 0 heterocycles. The van der Waals surface area contributed by atoms with E-state index in [4.69, 9.17) is 11.6 Å². The Kier molecular flexibility index (Phi) is 3.21. The van der Waals surface area contributed by atoms with Gasteiger partial charge in [-0.2, -0.15) is 0 Å². The third-order valence-electron chi connectivity index (χ3n) is 0.415. The van der Waals surface area contributed by atoms with E-state index in [0.29, 0.717) is 0 Å². The number of alkyl halides is 1. The molecule has 0 N–H and O–H groups in total. The Labute approximate surface area is 52.4 Å². The molecule has 7 heavy (non-hydrogen) atoms. The molecular weight excluding hydrogens is 136 g/mol. The highest BCUT2D eigenvalue weighted by Gasteiger charge is 2.07. The molecule has 1 atom stereocenters. The van der Waals surface area contributed by atoms with Crippen LogP contribution in [-0.2, 0) is 8.98 Å². The second kappa shape index (κ2) is 3.16. The molecule has 0 amide bonds. The van der Waals surface area contributed by atoms with Crippen molar-refractivity contribution in [3.63, 3.8) is 0 Å². The van der Waals surface area contributed by atoms with Crippen LogP contribution in [0.1, 0.15) is 6.92 Å². The molecule has 2 nitrogen and oxygen atoms in total. The summed E-state index contributed by atoms with van der Waals surface area (Å²) in [4.78, 5) is 10.1. The number of halogens is 1. The molecule has 0 aliphatic rings. The molecule has 0 rings (SSSR count). The monoisotopic (exact) mass is 140 g/mol. The zero-order valence-corrected chi connectivity index (χ0v) is 5.37. The molecule has 0 bridgehead atoms. The fraction of sp³-hybridized carbons (Fsp3) is 0.667. The van der Waals surface area contributed by atoms with Crippen LogP contribution >= 0.6 is 24.5 Å². The number of carbonyl (C=O) groups excluding carboxylic acids is 1. The topological polar surface area (TPSA) is 26.3 Å². The molecule has 0 aromatic carbocycles. The minimum absolute atomic E-state index is 0.523. The summed E-state index contributed by atoms with van der Waals surface area (Å²) >= 11 is 8.43. The van der Waals surface area contributed by atoms with Crippen LogP contribution < -0.4 is 0 Å². The summed E-state index contributed by atoms with van der Waals surface area (Å²) in [5, 5.41) is -0.600. The van der Waals surface area contributed by atoms with Crippen molar-refractivity contribution in [2.45, 2.75) is 12.3 Å². The summed E-state index contributed by atoms with van der Waals surface area (Å²) in [5.41, 5.74) is 0. The highest BCUT2D eigenvalue weighted by atomic mass is 35.5. The predicted molar refractivity (Wildman–Crippen MR) is 30.4 cm³/mol. The quantitative estimate of drug-likeness (QED) is 0.334. The molecule has 0 radical (unpaired) electrons. The predicted octanol–water partition coefficient (Wildman–Crippen LogP) is 1.00. The average Bonchev–Trinajstić information content (AvgIpc) is 1.65. The van der Waals surface area contributed by atoms with Crippen LogP contribution in [0.25, 0.3) is 0 Å². The van der Waals surface area contributed by atoms with Crippen molar-refractivity contribution in [3.05, 3.63) is 0 Å². The van der Waals surface area contributed by atoms with E-state index in [2.05, 4.69) is 17.1 Å². The van der Waals surface area contributed by atoms with E-state index in [-0.39, 0.29) is 0 Å². The van der Waals surface area contributed by atoms with Gasteiger partial charge in [0.15, 0.2) is 0 Å². The Hall–Kier alpha value is 0.110. The second-order valence-corrected chi connectivity index (χ2v) is 1.86. The number of hydrogen-bond donors (Lipinski definition) is 1. The zero-order chi connectivity index (χ0) is 5.86. The third kappa shape index (κ3) is 2.76. The summed E-state index contributed by atoms with van der Waals surface area (Å²) in [6, 6.07) is 0. The van der Waals surface area contributed by atoms with Crippen LogP contribution in [-0.4, -0.2) is 11.3 Å². The van der Waals surface area contributed by atoms with Crippen molar-refractivity contribution in [3.8, 4) is 0 Å². The highest BCUT2D eigenvalue weighted by Crippen LogP contribution is 1.96. The van der Waals surface area contributed by atoms with Gasteiger partial charge in [-0.05, 0) is 6.92 Å². The molecule has 0 fully saturated rings. The molecule has 1 unspecified atom stereocenters. The fourth-order valence-electron chi connectivity index (χ4n) is 0.0726. The second-order valence-electron chi connectivity index (χ2n) is 1.03. The number of thiol groups is 1. The SMILES string of the molecule is CC(Cl)C(=O)OS. The molecule has 0 saturated carbocycles. The number of rotatable bonds is 1. The summed E-state index contributed by atoms with van der Waals surface area (Å²) in [6.07, 6.45) is 0. The molecule has 4 heteroatoms. The first-order chi connectivity index (χ1) is 3.18. The van der Waals surface area contributed by atoms with Gasteiger partial charge in [0.2, 0.25) is 0 Å². The maximum atomic E-state index is 10.1. The van der Waals surface area contributed by atoms with Gasteiger partial charge in [0.25, 0.3) is 0 Å². The first kappa shape index (κ1) is 7.11. The maximum Gasteiger partial charge on any atom is 0.335 e. The van der Waals surface area contributed by atoms with Crippen LogP contribution in [0.5, 0.6) is 0 Å². The van der Waals surface area contributed by atoms with Crippen molar-refractivity contribution in [2.75, 3.05) is 0 Å². The minimum atomic E-state index is -0.600.